The molecule has 1 nitrogen and oxygen atoms in total. The summed E-state index contributed by atoms with van der Waals surface area (Å²) < 4.78 is 4.58. The van der Waals surface area contributed by atoms with Crippen LogP contribution in [-0.4, -0.2) is 4.57 Å². The molecule has 128 valence electrons. The van der Waals surface area contributed by atoms with Crippen molar-refractivity contribution in [1.29, 1.82) is 0 Å². The lowest BCUT2D eigenvalue weighted by Crippen LogP contribution is -1.94. The number of halogens is 2. The Labute approximate surface area is 172 Å². The van der Waals surface area contributed by atoms with Crippen molar-refractivity contribution in [3.05, 3.63) is 87.8 Å². The van der Waals surface area contributed by atoms with Gasteiger partial charge in [0, 0.05) is 25.4 Å². The van der Waals surface area contributed by atoms with E-state index in [0.29, 0.717) is 0 Å². The van der Waals surface area contributed by atoms with Gasteiger partial charge in [-0.2, -0.15) is 0 Å². The molecule has 5 aromatic carbocycles. The van der Waals surface area contributed by atoms with Crippen LogP contribution in [0.5, 0.6) is 0 Å². The average molecular weight is 475 g/mol. The number of nitrogens with zero attached hydrogens (tertiary/aromatic N) is 1. The van der Waals surface area contributed by atoms with Crippen LogP contribution in [0.3, 0.4) is 0 Å². The Morgan fingerprint density at radius 2 is 1.07 bits per heavy atom. The lowest BCUT2D eigenvalue weighted by molar-refractivity contribution is 1.18. The van der Waals surface area contributed by atoms with Gasteiger partial charge in [-0.25, -0.2) is 0 Å². The lowest BCUT2D eigenvalue weighted by Gasteiger charge is -2.10. The van der Waals surface area contributed by atoms with E-state index in [1.165, 1.54) is 49.0 Å². The number of fused-ring (bicyclic) bond motifs is 1. The van der Waals surface area contributed by atoms with Crippen LogP contribution in [0.1, 0.15) is 0 Å². The molecule has 0 aliphatic heterocycles. The molecule has 0 unspecified atom stereocenters. The molecule has 0 aliphatic carbocycles. The van der Waals surface area contributed by atoms with Crippen molar-refractivity contribution in [1.82, 2.24) is 4.57 Å². The Hall–Kier alpha value is -2.36. The molecule has 0 saturated heterocycles. The van der Waals surface area contributed by atoms with Gasteiger partial charge in [-0.3, -0.25) is 0 Å². The number of hydrogen-bond donors (Lipinski definition) is 0. The molecule has 0 aliphatic rings. The maximum Gasteiger partial charge on any atom is 0.0558 e. The number of rotatable bonds is 1. The van der Waals surface area contributed by atoms with Crippen LogP contribution in [0.4, 0.5) is 0 Å². The molecule has 3 heteroatoms. The average Bonchev–Trinajstić information content (AvgIpc) is 2.99. The molecular formula is C24H13Br2N. The lowest BCUT2D eigenvalue weighted by atomic mass is 10.0. The standard InChI is InChI=1S/C24H13Br2N/c25-18-9-16-5-6-17-10-19(26)13-22-24(17)23(16)21(12-18)27(22)20-8-7-14-3-1-2-4-15(14)11-20/h1-13H. The highest BCUT2D eigenvalue weighted by atomic mass is 79.9. The van der Waals surface area contributed by atoms with Gasteiger partial charge in [0.15, 0.2) is 0 Å². The molecular weight excluding hydrogens is 462 g/mol. The van der Waals surface area contributed by atoms with Crippen molar-refractivity contribution in [2.24, 2.45) is 0 Å². The Morgan fingerprint density at radius 3 is 1.70 bits per heavy atom. The fourth-order valence-electron chi connectivity index (χ4n) is 4.29. The Balaban J connectivity index is 1.85. The first kappa shape index (κ1) is 15.7. The van der Waals surface area contributed by atoms with Crippen molar-refractivity contribution in [2.45, 2.75) is 0 Å². The summed E-state index contributed by atoms with van der Waals surface area (Å²) in [5, 5.41) is 7.69. The van der Waals surface area contributed by atoms with Gasteiger partial charge in [-0.15, -0.1) is 0 Å². The van der Waals surface area contributed by atoms with Crippen molar-refractivity contribution in [3.8, 4) is 5.69 Å². The zero-order valence-electron chi connectivity index (χ0n) is 14.2. The molecule has 0 fully saturated rings. The molecule has 1 aromatic heterocycles. The van der Waals surface area contributed by atoms with Crippen molar-refractivity contribution in [3.63, 3.8) is 0 Å². The second-order valence-corrected chi connectivity index (χ2v) is 8.81. The maximum atomic E-state index is 3.71. The van der Waals surface area contributed by atoms with Crippen LogP contribution in [0.25, 0.3) is 49.0 Å². The SMILES string of the molecule is Brc1cc2ccc3cc(Br)cc4c3c2c(c1)n4-c1ccc2ccccc2c1. The van der Waals surface area contributed by atoms with Gasteiger partial charge < -0.3 is 4.57 Å². The summed E-state index contributed by atoms with van der Waals surface area (Å²) in [4.78, 5) is 0. The molecule has 0 N–H and O–H groups in total. The molecule has 6 rings (SSSR count). The van der Waals surface area contributed by atoms with E-state index in [1.54, 1.807) is 0 Å². The quantitative estimate of drug-likeness (QED) is 0.212. The van der Waals surface area contributed by atoms with E-state index in [0.717, 1.165) is 8.95 Å². The third kappa shape index (κ3) is 2.22. The van der Waals surface area contributed by atoms with Gasteiger partial charge in [0.05, 0.1) is 11.0 Å². The van der Waals surface area contributed by atoms with Crippen molar-refractivity contribution >= 4 is 75.2 Å². The smallest absolute Gasteiger partial charge is 0.0558 e. The predicted octanol–water partition coefficient (Wildman–Crippen LogP) is 8.05. The van der Waals surface area contributed by atoms with Gasteiger partial charge in [-0.05, 0) is 57.9 Å². The van der Waals surface area contributed by atoms with Crippen LogP contribution in [0.15, 0.2) is 87.8 Å². The zero-order valence-corrected chi connectivity index (χ0v) is 17.4. The third-order valence-electron chi connectivity index (χ3n) is 5.39. The Morgan fingerprint density at radius 1 is 0.519 bits per heavy atom. The van der Waals surface area contributed by atoms with Crippen molar-refractivity contribution in [2.75, 3.05) is 0 Å². The monoisotopic (exact) mass is 473 g/mol. The van der Waals surface area contributed by atoms with Gasteiger partial charge in [0.2, 0.25) is 0 Å². The minimum Gasteiger partial charge on any atom is -0.309 e. The predicted molar refractivity (Wildman–Crippen MR) is 122 cm³/mol. The molecule has 0 amide bonds. The van der Waals surface area contributed by atoms with E-state index >= 15 is 0 Å². The number of hydrogen-bond acceptors (Lipinski definition) is 0. The fraction of sp³-hybridized carbons (Fsp3) is 0. The summed E-state index contributed by atoms with van der Waals surface area (Å²) in [6.45, 7) is 0. The molecule has 1 heterocycles. The second-order valence-electron chi connectivity index (χ2n) is 6.98. The van der Waals surface area contributed by atoms with Crippen LogP contribution in [-0.2, 0) is 0 Å². The van der Waals surface area contributed by atoms with Crippen molar-refractivity contribution < 1.29 is 0 Å². The highest BCUT2D eigenvalue weighted by molar-refractivity contribution is 9.10. The van der Waals surface area contributed by atoms with Gasteiger partial charge in [0.1, 0.15) is 0 Å². The first-order valence-electron chi connectivity index (χ1n) is 8.83. The molecule has 6 aromatic rings. The minimum absolute atomic E-state index is 1.10. The molecule has 0 bridgehead atoms. The minimum atomic E-state index is 1.10. The van der Waals surface area contributed by atoms with E-state index in [4.69, 9.17) is 0 Å². The van der Waals surface area contributed by atoms with Crippen LogP contribution < -0.4 is 0 Å². The first-order chi connectivity index (χ1) is 13.2. The van der Waals surface area contributed by atoms with Crippen LogP contribution >= 0.6 is 31.9 Å². The largest absolute Gasteiger partial charge is 0.309 e. The highest BCUT2D eigenvalue weighted by Crippen LogP contribution is 2.41. The summed E-state index contributed by atoms with van der Waals surface area (Å²) in [6, 6.07) is 28.5. The molecule has 27 heavy (non-hydrogen) atoms. The van der Waals surface area contributed by atoms with E-state index < -0.39 is 0 Å². The zero-order chi connectivity index (χ0) is 18.1. The summed E-state index contributed by atoms with van der Waals surface area (Å²) in [6.07, 6.45) is 0. The van der Waals surface area contributed by atoms with Crippen LogP contribution in [0, 0.1) is 0 Å². The van der Waals surface area contributed by atoms with E-state index in [1.807, 2.05) is 0 Å². The Bertz CT molecular complexity index is 1420. The highest BCUT2D eigenvalue weighted by Gasteiger charge is 2.18. The molecule has 0 atom stereocenters. The summed E-state index contributed by atoms with van der Waals surface area (Å²) in [7, 11) is 0. The number of aromatic nitrogens is 1. The topological polar surface area (TPSA) is 4.93 Å². The van der Waals surface area contributed by atoms with Crippen LogP contribution in [0.2, 0.25) is 0 Å². The molecule has 0 radical (unpaired) electrons. The fourth-order valence-corrected chi connectivity index (χ4v) is 5.22. The van der Waals surface area contributed by atoms with Gasteiger partial charge in [0.25, 0.3) is 0 Å². The first-order valence-corrected chi connectivity index (χ1v) is 10.4. The Kier molecular flexibility index (Phi) is 3.23. The molecule has 0 spiro atoms. The van der Waals surface area contributed by atoms with E-state index in [2.05, 4.69) is 115 Å². The van der Waals surface area contributed by atoms with E-state index in [9.17, 15) is 0 Å². The van der Waals surface area contributed by atoms with Gasteiger partial charge >= 0.3 is 0 Å². The second kappa shape index (κ2) is 5.57. The number of benzene rings is 5. The summed E-state index contributed by atoms with van der Waals surface area (Å²) >= 11 is 7.41. The normalized spacial score (nSPS) is 12.1. The third-order valence-corrected chi connectivity index (χ3v) is 6.31. The summed E-state index contributed by atoms with van der Waals surface area (Å²) in [5.74, 6) is 0. The van der Waals surface area contributed by atoms with Gasteiger partial charge in [-0.1, -0.05) is 74.3 Å². The summed E-state index contributed by atoms with van der Waals surface area (Å²) in [5.41, 5.74) is 3.64. The molecule has 0 saturated carbocycles. The van der Waals surface area contributed by atoms with E-state index in [-0.39, 0.29) is 0 Å². The maximum absolute atomic E-state index is 3.71.